The second kappa shape index (κ2) is 7.12. The van der Waals surface area contributed by atoms with Gasteiger partial charge in [-0.3, -0.25) is 4.74 Å². The Morgan fingerprint density at radius 3 is 2.54 bits per heavy atom. The third kappa shape index (κ3) is 3.83. The first kappa shape index (κ1) is 19.4. The molecule has 138 valence electrons. The van der Waals surface area contributed by atoms with Gasteiger partial charge in [0.1, 0.15) is 6.10 Å². The van der Waals surface area contributed by atoms with Crippen molar-refractivity contribution in [1.82, 2.24) is 10.2 Å². The predicted molar refractivity (Wildman–Crippen MR) is 76.3 cm³/mol. The van der Waals surface area contributed by atoms with Crippen LogP contribution in [0.1, 0.15) is 43.6 Å². The van der Waals surface area contributed by atoms with Crippen molar-refractivity contribution in [2.75, 3.05) is 13.7 Å². The number of rotatable bonds is 4. The zero-order valence-corrected chi connectivity index (χ0v) is 13.7. The Labute approximate surface area is 142 Å². The summed E-state index contributed by atoms with van der Waals surface area (Å²) >= 11 is 0. The molecule has 0 bridgehead atoms. The van der Waals surface area contributed by atoms with E-state index in [1.54, 1.807) is 0 Å². The zero-order chi connectivity index (χ0) is 16.7. The molecule has 1 aromatic heterocycles. The lowest BCUT2D eigenvalue weighted by atomic mass is 9.80. The molecule has 0 spiro atoms. The molecule has 2 N–H and O–H groups in total. The summed E-state index contributed by atoms with van der Waals surface area (Å²) in [4.78, 5) is 0. The molecule has 0 radical (unpaired) electrons. The number of aromatic nitrogens is 2. The zero-order valence-electron chi connectivity index (χ0n) is 12.9. The van der Waals surface area contributed by atoms with Crippen molar-refractivity contribution >= 4 is 12.4 Å². The van der Waals surface area contributed by atoms with E-state index in [0.717, 1.165) is 0 Å². The van der Waals surface area contributed by atoms with E-state index in [2.05, 4.69) is 14.9 Å². The lowest BCUT2D eigenvalue weighted by Crippen LogP contribution is -2.45. The molecule has 2 aliphatic rings. The quantitative estimate of drug-likeness (QED) is 0.864. The third-order valence-electron chi connectivity index (χ3n) is 4.29. The van der Waals surface area contributed by atoms with Crippen LogP contribution in [0.25, 0.3) is 0 Å². The van der Waals surface area contributed by atoms with Gasteiger partial charge in [0, 0.05) is 13.5 Å². The van der Waals surface area contributed by atoms with Gasteiger partial charge in [0.05, 0.1) is 18.8 Å². The van der Waals surface area contributed by atoms with Gasteiger partial charge in [-0.25, -0.2) is 0 Å². The predicted octanol–water partition coefficient (Wildman–Crippen LogP) is 2.21. The van der Waals surface area contributed by atoms with E-state index in [1.165, 1.54) is 7.11 Å². The summed E-state index contributed by atoms with van der Waals surface area (Å²) in [5.74, 6) is -0.0467. The molecule has 3 atom stereocenters. The van der Waals surface area contributed by atoms with Crippen LogP contribution in [-0.4, -0.2) is 42.4 Å². The highest BCUT2D eigenvalue weighted by molar-refractivity contribution is 5.85. The largest absolute Gasteiger partial charge is 0.523 e. The Balaban J connectivity index is 0.00000208. The first-order valence-electron chi connectivity index (χ1n) is 7.34. The van der Waals surface area contributed by atoms with E-state index in [4.69, 9.17) is 19.6 Å². The molecule has 1 unspecified atom stereocenters. The molecular formula is C13H19ClF3N3O4. The van der Waals surface area contributed by atoms with Gasteiger partial charge >= 0.3 is 6.36 Å². The number of hydrogen-bond donors (Lipinski definition) is 1. The molecule has 2 fully saturated rings. The molecule has 1 aliphatic heterocycles. The van der Waals surface area contributed by atoms with Gasteiger partial charge < -0.3 is 19.6 Å². The van der Waals surface area contributed by atoms with Crippen LogP contribution in [-0.2, 0) is 19.8 Å². The lowest BCUT2D eigenvalue weighted by molar-refractivity contribution is -0.387. The van der Waals surface area contributed by atoms with Crippen molar-refractivity contribution in [3.8, 4) is 0 Å². The topological polar surface area (TPSA) is 92.6 Å². The third-order valence-corrected chi connectivity index (χ3v) is 4.29. The number of ether oxygens (including phenoxy) is 3. The number of alkyl halides is 3. The normalized spacial score (nSPS) is 29.6. The van der Waals surface area contributed by atoms with Crippen molar-refractivity contribution in [1.29, 1.82) is 0 Å². The number of nitrogens with zero attached hydrogens (tertiary/aromatic N) is 2. The van der Waals surface area contributed by atoms with Crippen LogP contribution < -0.4 is 5.73 Å². The minimum absolute atomic E-state index is 0. The van der Waals surface area contributed by atoms with Crippen LogP contribution in [0.15, 0.2) is 4.42 Å². The molecule has 1 aliphatic carbocycles. The highest BCUT2D eigenvalue weighted by Crippen LogP contribution is 2.48. The van der Waals surface area contributed by atoms with Crippen LogP contribution in [0.2, 0.25) is 0 Å². The molecule has 2 heterocycles. The molecule has 1 saturated heterocycles. The lowest BCUT2D eigenvalue weighted by Gasteiger charge is -2.38. The summed E-state index contributed by atoms with van der Waals surface area (Å²) in [5, 5.41) is 7.57. The van der Waals surface area contributed by atoms with Crippen molar-refractivity contribution in [3.63, 3.8) is 0 Å². The molecule has 11 heteroatoms. The molecule has 1 saturated carbocycles. The first-order chi connectivity index (χ1) is 10.8. The maximum Gasteiger partial charge on any atom is 0.523 e. The van der Waals surface area contributed by atoms with Crippen molar-refractivity contribution in [2.45, 2.75) is 55.9 Å². The van der Waals surface area contributed by atoms with Crippen LogP contribution in [0.4, 0.5) is 13.2 Å². The second-order valence-electron chi connectivity index (χ2n) is 5.84. The Bertz CT molecular complexity index is 553. The Morgan fingerprint density at radius 1 is 1.29 bits per heavy atom. The molecule has 0 aromatic carbocycles. The summed E-state index contributed by atoms with van der Waals surface area (Å²) in [6.07, 6.45) is -4.18. The summed E-state index contributed by atoms with van der Waals surface area (Å²) in [6, 6.07) is -0.273. The van der Waals surface area contributed by atoms with Crippen molar-refractivity contribution < 1.29 is 31.8 Å². The standard InChI is InChI=1S/C13H18F3N3O4.ClH/c1-20-8-5-9(21-6-7(8)17)10-18-19-11(22-10)12(3-2-4-12)23-13(14,15)16;/h7-9H,2-6,17H2,1H3;1H/t7-,8?,9-;/m0./s1. The highest BCUT2D eigenvalue weighted by Gasteiger charge is 2.52. The minimum atomic E-state index is -4.76. The molecule has 3 rings (SSSR count). The maximum absolute atomic E-state index is 12.6. The average molecular weight is 374 g/mol. The fraction of sp³-hybridized carbons (Fsp3) is 0.846. The molecule has 24 heavy (non-hydrogen) atoms. The minimum Gasteiger partial charge on any atom is -0.419 e. The van der Waals surface area contributed by atoms with E-state index in [9.17, 15) is 13.2 Å². The van der Waals surface area contributed by atoms with Crippen LogP contribution in [0.5, 0.6) is 0 Å². The average Bonchev–Trinajstić information content (AvgIpc) is 2.92. The fourth-order valence-electron chi connectivity index (χ4n) is 2.86. The SMILES string of the molecule is COC1C[C@@H](c2nnc(C3(OC(F)(F)F)CCC3)o2)OC[C@@H]1N.Cl. The van der Waals surface area contributed by atoms with Gasteiger partial charge in [-0.15, -0.1) is 35.8 Å². The van der Waals surface area contributed by atoms with Gasteiger partial charge in [0.2, 0.25) is 11.8 Å². The van der Waals surface area contributed by atoms with E-state index in [1.807, 2.05) is 0 Å². The second-order valence-corrected chi connectivity index (χ2v) is 5.84. The van der Waals surface area contributed by atoms with Crippen molar-refractivity contribution in [3.05, 3.63) is 11.8 Å². The Kier molecular flexibility index (Phi) is 5.75. The first-order valence-corrected chi connectivity index (χ1v) is 7.34. The maximum atomic E-state index is 12.6. The van der Waals surface area contributed by atoms with Gasteiger partial charge in [-0.1, -0.05) is 0 Å². The van der Waals surface area contributed by atoms with Gasteiger partial charge in [0.25, 0.3) is 0 Å². The molecule has 1 aromatic rings. The molecular weight excluding hydrogens is 355 g/mol. The van der Waals surface area contributed by atoms with Gasteiger partial charge in [0.15, 0.2) is 5.60 Å². The van der Waals surface area contributed by atoms with Gasteiger partial charge in [-0.2, -0.15) is 0 Å². The molecule has 0 amide bonds. The summed E-state index contributed by atoms with van der Waals surface area (Å²) < 4.78 is 58.2. The monoisotopic (exact) mass is 373 g/mol. The van der Waals surface area contributed by atoms with Crippen LogP contribution in [0.3, 0.4) is 0 Å². The fourth-order valence-corrected chi connectivity index (χ4v) is 2.86. The number of methoxy groups -OCH3 is 1. The summed E-state index contributed by atoms with van der Waals surface area (Å²) in [6.45, 7) is 0.241. The van der Waals surface area contributed by atoms with Crippen LogP contribution >= 0.6 is 12.4 Å². The van der Waals surface area contributed by atoms with Crippen molar-refractivity contribution in [2.24, 2.45) is 5.73 Å². The summed E-state index contributed by atoms with van der Waals surface area (Å²) in [7, 11) is 1.53. The smallest absolute Gasteiger partial charge is 0.419 e. The van der Waals surface area contributed by atoms with E-state index in [0.29, 0.717) is 12.8 Å². The molecule has 7 nitrogen and oxygen atoms in total. The number of hydrogen-bond acceptors (Lipinski definition) is 7. The van der Waals surface area contributed by atoms with E-state index >= 15 is 0 Å². The Morgan fingerprint density at radius 2 is 2.00 bits per heavy atom. The van der Waals surface area contributed by atoms with E-state index < -0.39 is 18.1 Å². The number of nitrogens with two attached hydrogens (primary N) is 1. The number of halogens is 4. The Hall–Kier alpha value is -0.940. The highest BCUT2D eigenvalue weighted by atomic mass is 35.5. The van der Waals surface area contributed by atoms with E-state index in [-0.39, 0.29) is 55.8 Å². The van der Waals surface area contributed by atoms with Gasteiger partial charge in [-0.05, 0) is 19.3 Å². The summed E-state index contributed by atoms with van der Waals surface area (Å²) in [5.41, 5.74) is 4.27. The van der Waals surface area contributed by atoms with Crippen LogP contribution in [0, 0.1) is 0 Å².